The molecule has 0 unspecified atom stereocenters. The fraction of sp³-hybridized carbons (Fsp3) is 0.235. The van der Waals surface area contributed by atoms with Gasteiger partial charge in [0.2, 0.25) is 0 Å². The second-order valence-electron chi connectivity index (χ2n) is 4.52. The maximum Gasteiger partial charge on any atom is 0.119 e. The van der Waals surface area contributed by atoms with E-state index in [1.807, 2.05) is 24.3 Å². The van der Waals surface area contributed by atoms with Gasteiger partial charge in [-0.2, -0.15) is 5.26 Å². The van der Waals surface area contributed by atoms with Gasteiger partial charge in [-0.3, -0.25) is 0 Å². The molecule has 2 rings (SSSR count). The second-order valence-corrected chi connectivity index (χ2v) is 4.96. The van der Waals surface area contributed by atoms with Crippen LogP contribution >= 0.6 is 11.6 Å². The van der Waals surface area contributed by atoms with Crippen LogP contribution in [0.4, 0.5) is 0 Å². The Labute approximate surface area is 129 Å². The lowest BCUT2D eigenvalue weighted by molar-refractivity contribution is 0.107. The fourth-order valence-corrected chi connectivity index (χ4v) is 2.01. The van der Waals surface area contributed by atoms with Gasteiger partial charge in [-0.25, -0.2) is 0 Å². The molecule has 2 aromatic carbocycles. The van der Waals surface area contributed by atoms with E-state index in [0.717, 1.165) is 22.8 Å². The quantitative estimate of drug-likeness (QED) is 0.720. The molecule has 0 bridgehead atoms. The van der Waals surface area contributed by atoms with Gasteiger partial charge in [-0.05, 0) is 42.0 Å². The van der Waals surface area contributed by atoms with E-state index in [1.54, 1.807) is 24.3 Å². The van der Waals surface area contributed by atoms with Gasteiger partial charge >= 0.3 is 0 Å². The van der Waals surface area contributed by atoms with Crippen molar-refractivity contribution in [2.75, 3.05) is 13.2 Å². The molecule has 0 fully saturated rings. The van der Waals surface area contributed by atoms with Crippen LogP contribution in [0.3, 0.4) is 0 Å². The van der Waals surface area contributed by atoms with Crippen molar-refractivity contribution >= 4 is 11.6 Å². The molecule has 0 heterocycles. The molecule has 0 aliphatic heterocycles. The molecule has 2 aromatic rings. The third-order valence-electron chi connectivity index (χ3n) is 2.84. The average molecular weight is 302 g/mol. The van der Waals surface area contributed by atoms with Gasteiger partial charge < -0.3 is 9.47 Å². The number of hydrogen-bond acceptors (Lipinski definition) is 3. The number of nitriles is 1. The van der Waals surface area contributed by atoms with Crippen LogP contribution in [0.25, 0.3) is 0 Å². The zero-order valence-corrected chi connectivity index (χ0v) is 12.3. The molecule has 21 heavy (non-hydrogen) atoms. The zero-order chi connectivity index (χ0) is 14.9. The highest BCUT2D eigenvalue weighted by atomic mass is 35.5. The Bertz CT molecular complexity index is 605. The van der Waals surface area contributed by atoms with Crippen LogP contribution < -0.4 is 4.74 Å². The molecule has 108 valence electrons. The van der Waals surface area contributed by atoms with Gasteiger partial charge in [-0.1, -0.05) is 23.7 Å². The summed E-state index contributed by atoms with van der Waals surface area (Å²) in [6.45, 7) is 1.77. The predicted molar refractivity (Wildman–Crippen MR) is 82.4 cm³/mol. The molecule has 0 spiro atoms. The molecule has 0 saturated heterocycles. The SMILES string of the molecule is N#Cc1ccc(OCCCOCc2cccc(Cl)c2)cc1. The van der Waals surface area contributed by atoms with Gasteiger partial charge in [0.05, 0.1) is 31.5 Å². The van der Waals surface area contributed by atoms with Crippen molar-refractivity contribution in [2.45, 2.75) is 13.0 Å². The molecule has 0 aliphatic carbocycles. The van der Waals surface area contributed by atoms with Crippen LogP contribution in [0, 0.1) is 11.3 Å². The lowest BCUT2D eigenvalue weighted by Gasteiger charge is -2.07. The summed E-state index contributed by atoms with van der Waals surface area (Å²) in [7, 11) is 0. The van der Waals surface area contributed by atoms with Crippen molar-refractivity contribution in [1.29, 1.82) is 5.26 Å². The smallest absolute Gasteiger partial charge is 0.119 e. The Morgan fingerprint density at radius 2 is 1.86 bits per heavy atom. The number of benzene rings is 2. The van der Waals surface area contributed by atoms with Gasteiger partial charge in [0.1, 0.15) is 5.75 Å². The molecule has 0 aromatic heterocycles. The monoisotopic (exact) mass is 301 g/mol. The third kappa shape index (κ3) is 5.47. The summed E-state index contributed by atoms with van der Waals surface area (Å²) in [4.78, 5) is 0. The maximum atomic E-state index is 8.70. The first-order valence-corrected chi connectivity index (χ1v) is 7.11. The molecule has 0 amide bonds. The summed E-state index contributed by atoms with van der Waals surface area (Å²) < 4.78 is 11.1. The highest BCUT2D eigenvalue weighted by molar-refractivity contribution is 6.30. The van der Waals surface area contributed by atoms with E-state index in [2.05, 4.69) is 6.07 Å². The fourth-order valence-electron chi connectivity index (χ4n) is 1.79. The number of hydrogen-bond donors (Lipinski definition) is 0. The second kappa shape index (κ2) is 8.31. The van der Waals surface area contributed by atoms with Crippen LogP contribution in [0.2, 0.25) is 5.02 Å². The summed E-state index contributed by atoms with van der Waals surface area (Å²) in [6.07, 6.45) is 0.806. The Morgan fingerprint density at radius 1 is 1.05 bits per heavy atom. The number of halogens is 1. The van der Waals surface area contributed by atoms with Crippen molar-refractivity contribution < 1.29 is 9.47 Å². The van der Waals surface area contributed by atoms with Crippen molar-refractivity contribution in [2.24, 2.45) is 0 Å². The van der Waals surface area contributed by atoms with Crippen LogP contribution in [0.5, 0.6) is 5.75 Å². The standard InChI is InChI=1S/C17H16ClNO2/c18-16-4-1-3-15(11-16)13-20-9-2-10-21-17-7-5-14(12-19)6-8-17/h1,3-8,11H,2,9-10,13H2. The summed E-state index contributed by atoms with van der Waals surface area (Å²) in [5.74, 6) is 0.767. The van der Waals surface area contributed by atoms with E-state index < -0.39 is 0 Å². The molecule has 0 N–H and O–H groups in total. The normalized spacial score (nSPS) is 10.1. The largest absolute Gasteiger partial charge is 0.494 e. The Kier molecular flexibility index (Phi) is 6.08. The molecular formula is C17H16ClNO2. The van der Waals surface area contributed by atoms with E-state index >= 15 is 0 Å². The Morgan fingerprint density at radius 3 is 2.57 bits per heavy atom. The minimum atomic E-state index is 0.553. The number of ether oxygens (including phenoxy) is 2. The van der Waals surface area contributed by atoms with E-state index in [0.29, 0.717) is 25.4 Å². The summed E-state index contributed by atoms with van der Waals surface area (Å²) in [6, 6.07) is 16.8. The van der Waals surface area contributed by atoms with Crippen molar-refractivity contribution in [3.8, 4) is 11.8 Å². The first-order chi connectivity index (χ1) is 10.3. The van der Waals surface area contributed by atoms with Gasteiger partial charge in [0.25, 0.3) is 0 Å². The van der Waals surface area contributed by atoms with E-state index in [9.17, 15) is 0 Å². The van der Waals surface area contributed by atoms with Crippen molar-refractivity contribution in [3.05, 3.63) is 64.7 Å². The van der Waals surface area contributed by atoms with E-state index in [1.165, 1.54) is 0 Å². The predicted octanol–water partition coefficient (Wildman–Crippen LogP) is 4.20. The van der Waals surface area contributed by atoms with Crippen molar-refractivity contribution in [1.82, 2.24) is 0 Å². The Balaban J connectivity index is 1.60. The van der Waals surface area contributed by atoms with Gasteiger partial charge in [-0.15, -0.1) is 0 Å². The molecule has 3 nitrogen and oxygen atoms in total. The van der Waals surface area contributed by atoms with Gasteiger partial charge in [0.15, 0.2) is 0 Å². The van der Waals surface area contributed by atoms with E-state index in [-0.39, 0.29) is 0 Å². The van der Waals surface area contributed by atoms with Crippen LogP contribution in [0.1, 0.15) is 17.5 Å². The van der Waals surface area contributed by atoms with E-state index in [4.69, 9.17) is 26.3 Å². The first-order valence-electron chi connectivity index (χ1n) is 6.73. The Hall–Kier alpha value is -2.02. The summed E-state index contributed by atoms with van der Waals surface area (Å²) >= 11 is 5.90. The lowest BCUT2D eigenvalue weighted by Crippen LogP contribution is -2.03. The third-order valence-corrected chi connectivity index (χ3v) is 3.08. The summed E-state index contributed by atoms with van der Waals surface area (Å²) in [5.41, 5.74) is 1.70. The number of rotatable bonds is 7. The maximum absolute atomic E-state index is 8.70. The van der Waals surface area contributed by atoms with Crippen LogP contribution in [0.15, 0.2) is 48.5 Å². The van der Waals surface area contributed by atoms with Crippen LogP contribution in [-0.4, -0.2) is 13.2 Å². The highest BCUT2D eigenvalue weighted by Gasteiger charge is 1.97. The summed E-state index contributed by atoms with van der Waals surface area (Å²) in [5, 5.41) is 9.42. The molecule has 4 heteroatoms. The average Bonchev–Trinajstić information content (AvgIpc) is 2.51. The highest BCUT2D eigenvalue weighted by Crippen LogP contribution is 2.13. The molecule has 0 aliphatic rings. The minimum Gasteiger partial charge on any atom is -0.494 e. The van der Waals surface area contributed by atoms with Crippen molar-refractivity contribution in [3.63, 3.8) is 0 Å². The topological polar surface area (TPSA) is 42.2 Å². The molecule has 0 atom stereocenters. The molecule has 0 radical (unpaired) electrons. The first kappa shape index (κ1) is 15.4. The molecular weight excluding hydrogens is 286 g/mol. The zero-order valence-electron chi connectivity index (χ0n) is 11.6. The number of nitrogens with zero attached hydrogens (tertiary/aromatic N) is 1. The van der Waals surface area contributed by atoms with Gasteiger partial charge in [0, 0.05) is 11.4 Å². The molecule has 0 saturated carbocycles. The van der Waals surface area contributed by atoms with Crippen LogP contribution in [-0.2, 0) is 11.3 Å². The lowest BCUT2D eigenvalue weighted by atomic mass is 10.2. The minimum absolute atomic E-state index is 0.553.